The summed E-state index contributed by atoms with van der Waals surface area (Å²) in [5.41, 5.74) is 7.32. The number of aryl methyl sites for hydroxylation is 1. The minimum absolute atomic E-state index is 0.296. The number of nitrogens with zero attached hydrogens (tertiary/aromatic N) is 1. The monoisotopic (exact) mass is 272 g/mol. The van der Waals surface area contributed by atoms with Crippen molar-refractivity contribution < 1.29 is 14.3 Å². The summed E-state index contributed by atoms with van der Waals surface area (Å²) < 4.78 is 10.6. The fraction of sp³-hybridized carbons (Fsp3) is 0.200. The number of benzene rings is 1. The van der Waals surface area contributed by atoms with Crippen molar-refractivity contribution in [1.29, 1.82) is 0 Å². The van der Waals surface area contributed by atoms with Crippen molar-refractivity contribution in [2.45, 2.75) is 13.8 Å². The second-order valence-corrected chi connectivity index (χ2v) is 4.21. The second kappa shape index (κ2) is 6.06. The van der Waals surface area contributed by atoms with E-state index in [1.54, 1.807) is 31.3 Å². The molecule has 0 radical (unpaired) electrons. The van der Waals surface area contributed by atoms with Gasteiger partial charge in [-0.2, -0.15) is 0 Å². The van der Waals surface area contributed by atoms with Crippen molar-refractivity contribution in [2.75, 3.05) is 12.3 Å². The fourth-order valence-electron chi connectivity index (χ4n) is 1.64. The first-order valence-corrected chi connectivity index (χ1v) is 6.27. The van der Waals surface area contributed by atoms with E-state index < -0.39 is 5.97 Å². The molecule has 0 saturated carbocycles. The Bertz CT molecular complexity index is 609. The SMILES string of the molecule is CCOC(=O)c1cc(Oc2ccc(C)nc2)ccc1N. The van der Waals surface area contributed by atoms with Crippen LogP contribution >= 0.6 is 0 Å². The topological polar surface area (TPSA) is 74.4 Å². The molecule has 5 nitrogen and oxygen atoms in total. The Morgan fingerprint density at radius 1 is 1.25 bits per heavy atom. The number of anilines is 1. The Labute approximate surface area is 117 Å². The molecule has 0 atom stereocenters. The predicted octanol–water partition coefficient (Wildman–Crippen LogP) is 2.94. The summed E-state index contributed by atoms with van der Waals surface area (Å²) in [6.07, 6.45) is 1.62. The summed E-state index contributed by atoms with van der Waals surface area (Å²) in [6.45, 7) is 3.93. The van der Waals surface area contributed by atoms with E-state index in [-0.39, 0.29) is 0 Å². The highest BCUT2D eigenvalue weighted by Crippen LogP contribution is 2.25. The number of esters is 1. The maximum absolute atomic E-state index is 11.7. The van der Waals surface area contributed by atoms with Gasteiger partial charge in [0, 0.05) is 11.4 Å². The number of pyridine rings is 1. The van der Waals surface area contributed by atoms with Crippen LogP contribution in [0.25, 0.3) is 0 Å². The molecule has 5 heteroatoms. The average molecular weight is 272 g/mol. The molecule has 1 heterocycles. The van der Waals surface area contributed by atoms with Crippen LogP contribution in [0.1, 0.15) is 23.0 Å². The zero-order valence-corrected chi connectivity index (χ0v) is 11.4. The minimum atomic E-state index is -0.461. The molecule has 0 fully saturated rings. The first-order valence-electron chi connectivity index (χ1n) is 6.27. The van der Waals surface area contributed by atoms with Gasteiger partial charge >= 0.3 is 5.97 Å². The quantitative estimate of drug-likeness (QED) is 0.684. The normalized spacial score (nSPS) is 10.1. The molecule has 1 aromatic heterocycles. The number of carbonyl (C=O) groups excluding carboxylic acids is 1. The lowest BCUT2D eigenvalue weighted by atomic mass is 10.1. The van der Waals surface area contributed by atoms with Gasteiger partial charge < -0.3 is 15.2 Å². The molecule has 0 spiro atoms. The van der Waals surface area contributed by atoms with Gasteiger partial charge in [-0.15, -0.1) is 0 Å². The van der Waals surface area contributed by atoms with Gasteiger partial charge in [-0.1, -0.05) is 0 Å². The van der Waals surface area contributed by atoms with Crippen molar-refractivity contribution in [1.82, 2.24) is 4.98 Å². The van der Waals surface area contributed by atoms with Gasteiger partial charge in [-0.25, -0.2) is 4.79 Å². The summed E-state index contributed by atoms with van der Waals surface area (Å²) in [7, 11) is 0. The smallest absolute Gasteiger partial charge is 0.340 e. The van der Waals surface area contributed by atoms with E-state index in [9.17, 15) is 4.79 Å². The molecule has 0 bridgehead atoms. The van der Waals surface area contributed by atoms with E-state index in [2.05, 4.69) is 4.98 Å². The number of aromatic nitrogens is 1. The van der Waals surface area contributed by atoms with Crippen molar-refractivity contribution in [3.63, 3.8) is 0 Å². The molecule has 0 aliphatic heterocycles. The van der Waals surface area contributed by atoms with Gasteiger partial charge in [0.2, 0.25) is 0 Å². The molecular weight excluding hydrogens is 256 g/mol. The Kier molecular flexibility index (Phi) is 4.20. The molecule has 20 heavy (non-hydrogen) atoms. The molecule has 0 saturated heterocycles. The highest BCUT2D eigenvalue weighted by atomic mass is 16.5. The van der Waals surface area contributed by atoms with Crippen LogP contribution in [0.3, 0.4) is 0 Å². The molecule has 2 rings (SSSR count). The van der Waals surface area contributed by atoms with Gasteiger partial charge in [0.05, 0.1) is 18.4 Å². The highest BCUT2D eigenvalue weighted by molar-refractivity contribution is 5.95. The first-order chi connectivity index (χ1) is 9.60. The number of hydrogen-bond acceptors (Lipinski definition) is 5. The Balaban J connectivity index is 2.22. The van der Waals surface area contributed by atoms with Crippen molar-refractivity contribution in [2.24, 2.45) is 0 Å². The van der Waals surface area contributed by atoms with Crippen LogP contribution in [0, 0.1) is 6.92 Å². The lowest BCUT2D eigenvalue weighted by Crippen LogP contribution is -2.08. The molecule has 1 aromatic carbocycles. The molecule has 0 amide bonds. The zero-order chi connectivity index (χ0) is 14.5. The standard InChI is InChI=1S/C15H16N2O3/c1-3-19-15(18)13-8-11(6-7-14(13)16)20-12-5-4-10(2)17-9-12/h4-9H,3,16H2,1-2H3. The van der Waals surface area contributed by atoms with Gasteiger partial charge in [0.1, 0.15) is 11.5 Å². The molecular formula is C15H16N2O3. The van der Waals surface area contributed by atoms with Gasteiger partial charge in [-0.3, -0.25) is 4.98 Å². The van der Waals surface area contributed by atoms with E-state index >= 15 is 0 Å². The van der Waals surface area contributed by atoms with Crippen LogP contribution in [0.4, 0.5) is 5.69 Å². The molecule has 2 N–H and O–H groups in total. The third-order valence-corrected chi connectivity index (χ3v) is 2.64. The predicted molar refractivity (Wildman–Crippen MR) is 75.9 cm³/mol. The number of carbonyl (C=O) groups is 1. The third kappa shape index (κ3) is 3.26. The number of rotatable bonds is 4. The fourth-order valence-corrected chi connectivity index (χ4v) is 1.64. The van der Waals surface area contributed by atoms with E-state index in [4.69, 9.17) is 15.2 Å². The first kappa shape index (κ1) is 13.9. The van der Waals surface area contributed by atoms with Crippen LogP contribution in [0.15, 0.2) is 36.5 Å². The number of nitrogens with two attached hydrogens (primary N) is 1. The largest absolute Gasteiger partial charge is 0.462 e. The minimum Gasteiger partial charge on any atom is -0.462 e. The maximum atomic E-state index is 11.7. The van der Waals surface area contributed by atoms with Crippen molar-refractivity contribution >= 4 is 11.7 Å². The van der Waals surface area contributed by atoms with Gasteiger partial charge in [0.25, 0.3) is 0 Å². The molecule has 0 unspecified atom stereocenters. The summed E-state index contributed by atoms with van der Waals surface area (Å²) in [6, 6.07) is 8.52. The molecule has 104 valence electrons. The summed E-state index contributed by atoms with van der Waals surface area (Å²) in [5, 5.41) is 0. The number of hydrogen-bond donors (Lipinski definition) is 1. The molecule has 0 aliphatic rings. The van der Waals surface area contributed by atoms with Crippen molar-refractivity contribution in [3.05, 3.63) is 47.8 Å². The number of nitrogen functional groups attached to an aromatic ring is 1. The Morgan fingerprint density at radius 3 is 2.65 bits per heavy atom. The summed E-state index contributed by atoms with van der Waals surface area (Å²) >= 11 is 0. The van der Waals surface area contributed by atoms with E-state index in [1.807, 2.05) is 19.1 Å². The van der Waals surface area contributed by atoms with Crippen LogP contribution in [0.2, 0.25) is 0 Å². The van der Waals surface area contributed by atoms with Gasteiger partial charge in [0.15, 0.2) is 0 Å². The van der Waals surface area contributed by atoms with E-state index in [0.29, 0.717) is 29.4 Å². The zero-order valence-electron chi connectivity index (χ0n) is 11.4. The summed E-state index contributed by atoms with van der Waals surface area (Å²) in [5.74, 6) is 0.639. The lowest BCUT2D eigenvalue weighted by molar-refractivity contribution is 0.0527. The van der Waals surface area contributed by atoms with E-state index in [1.165, 1.54) is 0 Å². The Morgan fingerprint density at radius 2 is 2.00 bits per heavy atom. The summed E-state index contributed by atoms with van der Waals surface area (Å²) in [4.78, 5) is 15.9. The maximum Gasteiger partial charge on any atom is 0.340 e. The lowest BCUT2D eigenvalue weighted by Gasteiger charge is -2.09. The van der Waals surface area contributed by atoms with E-state index in [0.717, 1.165) is 5.69 Å². The van der Waals surface area contributed by atoms with Gasteiger partial charge in [-0.05, 0) is 44.2 Å². The van der Waals surface area contributed by atoms with Crippen LogP contribution in [0.5, 0.6) is 11.5 Å². The van der Waals surface area contributed by atoms with Crippen molar-refractivity contribution in [3.8, 4) is 11.5 Å². The third-order valence-electron chi connectivity index (χ3n) is 2.64. The van der Waals surface area contributed by atoms with Crippen LogP contribution in [-0.2, 0) is 4.74 Å². The molecule has 2 aromatic rings. The van der Waals surface area contributed by atoms with Crippen LogP contribution < -0.4 is 10.5 Å². The second-order valence-electron chi connectivity index (χ2n) is 4.21. The number of ether oxygens (including phenoxy) is 2. The molecule has 0 aliphatic carbocycles. The highest BCUT2D eigenvalue weighted by Gasteiger charge is 2.12. The van der Waals surface area contributed by atoms with Crippen LogP contribution in [-0.4, -0.2) is 17.6 Å². The Hall–Kier alpha value is -2.56. The average Bonchev–Trinajstić information content (AvgIpc) is 2.43.